The summed E-state index contributed by atoms with van der Waals surface area (Å²) >= 11 is 2.27. The van der Waals surface area contributed by atoms with Gasteiger partial charge in [-0.2, -0.15) is 0 Å². The summed E-state index contributed by atoms with van der Waals surface area (Å²) in [6, 6.07) is 13.9. The molecule has 2 heterocycles. The number of rotatable bonds is 6. The van der Waals surface area contributed by atoms with Crippen LogP contribution in [0.1, 0.15) is 72.4 Å². The Bertz CT molecular complexity index is 1130. The predicted molar refractivity (Wildman–Crippen MR) is 150 cm³/mol. The van der Waals surface area contributed by atoms with Crippen molar-refractivity contribution in [1.29, 1.82) is 0 Å². The largest absolute Gasteiger partial charge is 0.494 e. The van der Waals surface area contributed by atoms with Crippen LogP contribution in [0.5, 0.6) is 0 Å². The first-order valence-electron chi connectivity index (χ1n) is 12.6. The molecule has 6 nitrogen and oxygen atoms in total. The van der Waals surface area contributed by atoms with Crippen LogP contribution in [0.2, 0.25) is 0 Å². The number of amides is 1. The van der Waals surface area contributed by atoms with Crippen molar-refractivity contribution in [1.82, 2.24) is 4.90 Å². The lowest BCUT2D eigenvalue weighted by molar-refractivity contribution is -0.102. The molecule has 2 aromatic carbocycles. The number of carbonyl (C=O) groups excluding carboxylic acids is 1. The summed E-state index contributed by atoms with van der Waals surface area (Å²) in [7, 11) is -0.461. The van der Waals surface area contributed by atoms with Gasteiger partial charge in [-0.15, -0.1) is 0 Å². The highest BCUT2D eigenvalue weighted by Crippen LogP contribution is 2.45. The van der Waals surface area contributed by atoms with Gasteiger partial charge in [-0.25, -0.2) is 9.18 Å². The normalized spacial score (nSPS) is 25.1. The average molecular weight is 623 g/mol. The highest BCUT2D eigenvalue weighted by atomic mass is 127. The van der Waals surface area contributed by atoms with Crippen LogP contribution < -0.4 is 5.46 Å². The Morgan fingerprint density at radius 3 is 2.03 bits per heavy atom. The quantitative estimate of drug-likeness (QED) is 0.196. The van der Waals surface area contributed by atoms with E-state index in [2.05, 4.69) is 22.6 Å². The van der Waals surface area contributed by atoms with Crippen molar-refractivity contribution in [3.8, 4) is 0 Å². The fourth-order valence-electron chi connectivity index (χ4n) is 5.00. The first kappa shape index (κ1) is 28.3. The number of alkyl halides is 1. The van der Waals surface area contributed by atoms with Gasteiger partial charge in [0.15, 0.2) is 0 Å². The molecular formula is C28H36BFINO5. The number of aliphatic hydroxyl groups is 1. The predicted octanol–water partition coefficient (Wildman–Crippen LogP) is 5.63. The fraction of sp³-hybridized carbons (Fsp3) is 0.536. The van der Waals surface area contributed by atoms with Crippen LogP contribution in [0.15, 0.2) is 48.5 Å². The smallest absolute Gasteiger partial charge is 0.438 e. The molecule has 2 atom stereocenters. The molecule has 1 amide bonds. The molecule has 200 valence electrons. The third kappa shape index (κ3) is 5.56. The third-order valence-corrected chi connectivity index (χ3v) is 9.01. The maximum Gasteiger partial charge on any atom is 0.494 e. The van der Waals surface area contributed by atoms with Crippen LogP contribution in [-0.4, -0.2) is 46.6 Å². The Balaban J connectivity index is 1.55. The topological polar surface area (TPSA) is 68.2 Å². The van der Waals surface area contributed by atoms with Crippen molar-refractivity contribution in [3.63, 3.8) is 0 Å². The van der Waals surface area contributed by atoms with Gasteiger partial charge in [-0.1, -0.05) is 36.4 Å². The number of hydrogen-bond acceptors (Lipinski definition) is 5. The van der Waals surface area contributed by atoms with E-state index in [-0.39, 0.29) is 12.2 Å². The molecule has 2 aromatic rings. The summed E-state index contributed by atoms with van der Waals surface area (Å²) in [6.45, 7) is 13.8. The number of cyclic esters (lactones) is 1. The minimum Gasteiger partial charge on any atom is -0.438 e. The molecule has 4 rings (SSSR count). The summed E-state index contributed by atoms with van der Waals surface area (Å²) in [4.78, 5) is 15.2. The van der Waals surface area contributed by atoms with E-state index in [9.17, 15) is 14.3 Å². The molecule has 0 aromatic heterocycles. The van der Waals surface area contributed by atoms with E-state index in [1.807, 2.05) is 58.9 Å². The van der Waals surface area contributed by atoms with Gasteiger partial charge >= 0.3 is 13.2 Å². The van der Waals surface area contributed by atoms with Crippen molar-refractivity contribution in [2.45, 2.75) is 87.3 Å². The summed E-state index contributed by atoms with van der Waals surface area (Å²) in [6.07, 6.45) is 0.178. The molecule has 0 spiro atoms. The lowest BCUT2D eigenvalue weighted by Crippen LogP contribution is -2.55. The maximum atomic E-state index is 13.6. The molecule has 2 saturated heterocycles. The maximum absolute atomic E-state index is 13.6. The minimum atomic E-state index is -1.09. The molecule has 0 radical (unpaired) electrons. The molecule has 2 aliphatic rings. The zero-order valence-electron chi connectivity index (χ0n) is 22.6. The highest BCUT2D eigenvalue weighted by Gasteiger charge is 2.52. The average Bonchev–Trinajstić information content (AvgIpc) is 3.00. The summed E-state index contributed by atoms with van der Waals surface area (Å²) in [5.41, 5.74) is -0.470. The zero-order chi connectivity index (χ0) is 27.4. The molecule has 0 bridgehead atoms. The fourth-order valence-corrected chi connectivity index (χ4v) is 5.80. The Hall–Kier alpha value is -1.69. The highest BCUT2D eigenvalue weighted by molar-refractivity contribution is 14.1. The molecule has 0 saturated carbocycles. The summed E-state index contributed by atoms with van der Waals surface area (Å²) in [5, 5.41) is 10.6. The van der Waals surface area contributed by atoms with E-state index in [1.54, 1.807) is 30.9 Å². The van der Waals surface area contributed by atoms with Crippen molar-refractivity contribution in [2.75, 3.05) is 6.54 Å². The van der Waals surface area contributed by atoms with Gasteiger partial charge in [-0.05, 0) is 99.8 Å². The zero-order valence-corrected chi connectivity index (χ0v) is 24.8. The van der Waals surface area contributed by atoms with E-state index in [4.69, 9.17) is 14.0 Å². The Morgan fingerprint density at radius 1 is 1.00 bits per heavy atom. The van der Waals surface area contributed by atoms with Crippen molar-refractivity contribution in [2.24, 2.45) is 0 Å². The van der Waals surface area contributed by atoms with Crippen molar-refractivity contribution >= 4 is 41.3 Å². The Morgan fingerprint density at radius 2 is 1.54 bits per heavy atom. The summed E-state index contributed by atoms with van der Waals surface area (Å²) < 4.78 is 31.4. The van der Waals surface area contributed by atoms with E-state index in [1.165, 1.54) is 12.1 Å². The number of ether oxygens (including phenoxy) is 1. The van der Waals surface area contributed by atoms with Crippen molar-refractivity contribution < 1.29 is 28.3 Å². The molecule has 0 aliphatic carbocycles. The van der Waals surface area contributed by atoms with Gasteiger partial charge in [0.2, 0.25) is 0 Å². The van der Waals surface area contributed by atoms with Gasteiger partial charge in [0.05, 0.1) is 16.8 Å². The van der Waals surface area contributed by atoms with Crippen LogP contribution in [0.3, 0.4) is 0 Å². The first-order valence-corrected chi connectivity index (χ1v) is 13.7. The molecule has 37 heavy (non-hydrogen) atoms. The monoisotopic (exact) mass is 623 g/mol. The van der Waals surface area contributed by atoms with Gasteiger partial charge in [0.25, 0.3) is 0 Å². The standard InChI is InChI=1S/C28H36BFINO5/c1-24(2,34)18-28(20-10-14-22(30)15-11-20)16-17-32(23(33)35-28)27(7,31)19-8-12-21(13-9-19)29-36-25(3,4)26(5,6)37-29/h8-15,34H,16-18H2,1-7H3/t27-,28?/m1/s1. The molecule has 1 N–H and O–H groups in total. The van der Waals surface area contributed by atoms with Crippen LogP contribution in [0.4, 0.5) is 9.18 Å². The molecular weight excluding hydrogens is 587 g/mol. The molecule has 2 fully saturated rings. The number of halogens is 2. The number of benzene rings is 2. The van der Waals surface area contributed by atoms with Crippen LogP contribution in [0, 0.1) is 5.82 Å². The second-order valence-corrected chi connectivity index (χ2v) is 14.0. The van der Waals surface area contributed by atoms with Gasteiger partial charge in [0, 0.05) is 19.4 Å². The lowest BCUT2D eigenvalue weighted by Gasteiger charge is -2.47. The van der Waals surface area contributed by atoms with Crippen LogP contribution >= 0.6 is 22.6 Å². The van der Waals surface area contributed by atoms with Gasteiger partial charge in [0.1, 0.15) is 15.0 Å². The molecule has 9 heteroatoms. The number of carbonyl (C=O) groups is 1. The number of nitrogens with zero attached hydrogens (tertiary/aromatic N) is 1. The SMILES string of the molecule is CC(C)(O)CC1(c2ccc(F)cc2)CCN([C@@](C)(I)c2ccc(B3OC(C)(C)C(C)(C)O3)cc2)C(=O)O1. The molecule has 1 unspecified atom stereocenters. The summed E-state index contributed by atoms with van der Waals surface area (Å²) in [5.74, 6) is -0.366. The van der Waals surface area contributed by atoms with E-state index in [0.717, 1.165) is 11.0 Å². The van der Waals surface area contributed by atoms with E-state index in [0.29, 0.717) is 18.5 Å². The second-order valence-electron chi connectivity index (χ2n) is 11.9. The van der Waals surface area contributed by atoms with Crippen molar-refractivity contribution in [3.05, 3.63) is 65.5 Å². The Kier molecular flexibility index (Phi) is 7.27. The van der Waals surface area contributed by atoms with Gasteiger partial charge < -0.3 is 19.2 Å². The Labute approximate surface area is 233 Å². The second kappa shape index (κ2) is 9.50. The van der Waals surface area contributed by atoms with Gasteiger partial charge in [-0.3, -0.25) is 4.90 Å². The number of hydrogen-bond donors (Lipinski definition) is 1. The van der Waals surface area contributed by atoms with Crippen LogP contribution in [0.25, 0.3) is 0 Å². The molecule has 2 aliphatic heterocycles. The first-order chi connectivity index (χ1) is 17.0. The van der Waals surface area contributed by atoms with E-state index < -0.39 is 39.2 Å². The minimum absolute atomic E-state index is 0.200. The lowest BCUT2D eigenvalue weighted by atomic mass is 9.78. The van der Waals surface area contributed by atoms with E-state index >= 15 is 0 Å². The van der Waals surface area contributed by atoms with Crippen LogP contribution in [-0.2, 0) is 23.2 Å². The third-order valence-electron chi connectivity index (χ3n) is 7.80.